The molecule has 96 valence electrons. The molecule has 0 aliphatic heterocycles. The number of sulfonamides is 1. The molecule has 5 heteroatoms. The van der Waals surface area contributed by atoms with Crippen molar-refractivity contribution < 1.29 is 8.42 Å². The van der Waals surface area contributed by atoms with E-state index in [9.17, 15) is 8.42 Å². The van der Waals surface area contributed by atoms with Gasteiger partial charge in [0.2, 0.25) is 10.0 Å². The number of nitrogens with one attached hydrogen (secondary N) is 1. The molecule has 1 rings (SSSR count). The van der Waals surface area contributed by atoms with Gasteiger partial charge in [0.25, 0.3) is 0 Å². The van der Waals surface area contributed by atoms with Crippen molar-refractivity contribution in [2.45, 2.75) is 26.2 Å². The van der Waals surface area contributed by atoms with E-state index in [1.54, 1.807) is 6.07 Å². The van der Waals surface area contributed by atoms with Crippen molar-refractivity contribution in [3.8, 4) is 0 Å². The number of anilines is 1. The molecular weight excluding hydrogens is 258 g/mol. The second kappa shape index (κ2) is 6.26. The van der Waals surface area contributed by atoms with E-state index in [0.29, 0.717) is 18.0 Å². The van der Waals surface area contributed by atoms with Crippen molar-refractivity contribution >= 4 is 27.3 Å². The highest BCUT2D eigenvalue weighted by atomic mass is 35.5. The van der Waals surface area contributed by atoms with E-state index in [4.69, 9.17) is 11.6 Å². The van der Waals surface area contributed by atoms with Gasteiger partial charge in [0.1, 0.15) is 0 Å². The standard InChI is InChI=1S/C12H18ClNO2S/c1-10(2)11-6-3-4-7-12(11)14-17(15,16)9-5-8-13/h3-4,6-7,10,14H,5,8-9H2,1-2H3. The molecule has 0 amide bonds. The van der Waals surface area contributed by atoms with Crippen LogP contribution in [-0.4, -0.2) is 20.1 Å². The first-order chi connectivity index (χ1) is 7.96. The van der Waals surface area contributed by atoms with Crippen molar-refractivity contribution in [3.63, 3.8) is 0 Å². The molecule has 0 atom stereocenters. The summed E-state index contributed by atoms with van der Waals surface area (Å²) in [5, 5.41) is 0. The van der Waals surface area contributed by atoms with Crippen molar-refractivity contribution in [3.05, 3.63) is 29.8 Å². The average Bonchev–Trinajstić information content (AvgIpc) is 2.26. The van der Waals surface area contributed by atoms with Gasteiger partial charge in [0, 0.05) is 5.88 Å². The van der Waals surface area contributed by atoms with E-state index in [2.05, 4.69) is 4.72 Å². The van der Waals surface area contributed by atoms with Gasteiger partial charge < -0.3 is 0 Å². The molecule has 0 spiro atoms. The summed E-state index contributed by atoms with van der Waals surface area (Å²) in [5.41, 5.74) is 1.67. The number of halogens is 1. The lowest BCUT2D eigenvalue weighted by Crippen LogP contribution is -2.18. The molecule has 1 N–H and O–H groups in total. The molecule has 0 aliphatic rings. The molecule has 0 heterocycles. The van der Waals surface area contributed by atoms with Gasteiger partial charge in [-0.3, -0.25) is 4.72 Å². The minimum absolute atomic E-state index is 0.0585. The fraction of sp³-hybridized carbons (Fsp3) is 0.500. The lowest BCUT2D eigenvalue weighted by atomic mass is 10.0. The monoisotopic (exact) mass is 275 g/mol. The molecule has 0 radical (unpaired) electrons. The highest BCUT2D eigenvalue weighted by Crippen LogP contribution is 2.24. The maximum Gasteiger partial charge on any atom is 0.232 e. The number of benzene rings is 1. The predicted octanol–water partition coefficient (Wildman–Crippen LogP) is 3.18. The Bertz CT molecular complexity index is 457. The Morgan fingerprint density at radius 3 is 2.53 bits per heavy atom. The summed E-state index contributed by atoms with van der Waals surface area (Å²) in [7, 11) is -3.29. The Kier molecular flexibility index (Phi) is 5.28. The van der Waals surface area contributed by atoms with Gasteiger partial charge in [-0.1, -0.05) is 32.0 Å². The smallest absolute Gasteiger partial charge is 0.232 e. The largest absolute Gasteiger partial charge is 0.283 e. The number of alkyl halides is 1. The molecule has 1 aromatic carbocycles. The lowest BCUT2D eigenvalue weighted by Gasteiger charge is -2.14. The van der Waals surface area contributed by atoms with Crippen LogP contribution in [0.4, 0.5) is 5.69 Å². The molecule has 0 unspecified atom stereocenters. The Morgan fingerprint density at radius 1 is 1.29 bits per heavy atom. The summed E-state index contributed by atoms with van der Waals surface area (Å²) >= 11 is 5.50. The quantitative estimate of drug-likeness (QED) is 0.811. The van der Waals surface area contributed by atoms with Crippen LogP contribution in [0, 0.1) is 0 Å². The maximum atomic E-state index is 11.8. The van der Waals surface area contributed by atoms with Crippen LogP contribution < -0.4 is 4.72 Å². The topological polar surface area (TPSA) is 46.2 Å². The number of para-hydroxylation sites is 1. The lowest BCUT2D eigenvalue weighted by molar-refractivity contribution is 0.600. The Morgan fingerprint density at radius 2 is 1.94 bits per heavy atom. The fourth-order valence-corrected chi connectivity index (χ4v) is 3.00. The van der Waals surface area contributed by atoms with Crippen molar-refractivity contribution in [1.29, 1.82) is 0 Å². The van der Waals surface area contributed by atoms with E-state index in [-0.39, 0.29) is 11.7 Å². The summed E-state index contributed by atoms with van der Waals surface area (Å²) in [4.78, 5) is 0. The van der Waals surface area contributed by atoms with E-state index >= 15 is 0 Å². The first-order valence-electron chi connectivity index (χ1n) is 5.61. The Balaban J connectivity index is 2.88. The van der Waals surface area contributed by atoms with Gasteiger partial charge in [0.05, 0.1) is 11.4 Å². The van der Waals surface area contributed by atoms with E-state index in [0.717, 1.165) is 5.56 Å². The predicted molar refractivity (Wildman–Crippen MR) is 73.3 cm³/mol. The van der Waals surface area contributed by atoms with Crippen LogP contribution in [0.2, 0.25) is 0 Å². The normalized spacial score (nSPS) is 11.8. The summed E-state index contributed by atoms with van der Waals surface area (Å²) in [6.07, 6.45) is 0.459. The molecule has 1 aromatic rings. The van der Waals surface area contributed by atoms with E-state index in [1.165, 1.54) is 0 Å². The third kappa shape index (κ3) is 4.56. The van der Waals surface area contributed by atoms with Gasteiger partial charge in [0.15, 0.2) is 0 Å². The molecule has 0 bridgehead atoms. The molecule has 3 nitrogen and oxygen atoms in total. The van der Waals surface area contributed by atoms with E-state index < -0.39 is 10.0 Å². The molecule has 0 saturated heterocycles. The zero-order valence-corrected chi connectivity index (χ0v) is 11.7. The van der Waals surface area contributed by atoms with Crippen LogP contribution in [0.5, 0.6) is 0 Å². The average molecular weight is 276 g/mol. The van der Waals surface area contributed by atoms with Crippen molar-refractivity contribution in [1.82, 2.24) is 0 Å². The third-order valence-electron chi connectivity index (χ3n) is 2.39. The van der Waals surface area contributed by atoms with Gasteiger partial charge in [-0.05, 0) is 24.0 Å². The Hall–Kier alpha value is -0.740. The maximum absolute atomic E-state index is 11.8. The summed E-state index contributed by atoms with van der Waals surface area (Å²) in [5.74, 6) is 0.692. The molecule has 0 fully saturated rings. The zero-order chi connectivity index (χ0) is 12.9. The van der Waals surface area contributed by atoms with Crippen LogP contribution in [0.15, 0.2) is 24.3 Å². The number of hydrogen-bond acceptors (Lipinski definition) is 2. The highest BCUT2D eigenvalue weighted by molar-refractivity contribution is 7.92. The third-order valence-corrected chi connectivity index (χ3v) is 4.02. The van der Waals surface area contributed by atoms with Crippen LogP contribution in [-0.2, 0) is 10.0 Å². The summed E-state index contributed by atoms with van der Waals surface area (Å²) in [6.45, 7) is 4.07. The summed E-state index contributed by atoms with van der Waals surface area (Å²) < 4.78 is 26.1. The molecule has 17 heavy (non-hydrogen) atoms. The molecule has 0 saturated carbocycles. The van der Waals surface area contributed by atoms with Gasteiger partial charge in [-0.2, -0.15) is 0 Å². The molecular formula is C12H18ClNO2S. The number of hydrogen-bond donors (Lipinski definition) is 1. The fourth-order valence-electron chi connectivity index (χ4n) is 1.56. The van der Waals surface area contributed by atoms with Crippen LogP contribution in [0.25, 0.3) is 0 Å². The van der Waals surface area contributed by atoms with Crippen LogP contribution in [0.1, 0.15) is 31.7 Å². The summed E-state index contributed by atoms with van der Waals surface area (Å²) in [6, 6.07) is 7.45. The second-order valence-electron chi connectivity index (χ2n) is 4.21. The van der Waals surface area contributed by atoms with Gasteiger partial charge in [-0.15, -0.1) is 11.6 Å². The van der Waals surface area contributed by atoms with Crippen molar-refractivity contribution in [2.24, 2.45) is 0 Å². The SMILES string of the molecule is CC(C)c1ccccc1NS(=O)(=O)CCCCl. The molecule has 0 aromatic heterocycles. The minimum atomic E-state index is -3.29. The van der Waals surface area contributed by atoms with Gasteiger partial charge >= 0.3 is 0 Å². The second-order valence-corrected chi connectivity index (χ2v) is 6.43. The van der Waals surface area contributed by atoms with Gasteiger partial charge in [-0.25, -0.2) is 8.42 Å². The van der Waals surface area contributed by atoms with Crippen LogP contribution >= 0.6 is 11.6 Å². The van der Waals surface area contributed by atoms with Crippen LogP contribution in [0.3, 0.4) is 0 Å². The Labute approximate surface area is 108 Å². The first kappa shape index (κ1) is 14.3. The zero-order valence-electron chi connectivity index (χ0n) is 10.1. The molecule has 0 aliphatic carbocycles. The highest BCUT2D eigenvalue weighted by Gasteiger charge is 2.13. The number of rotatable bonds is 6. The first-order valence-corrected chi connectivity index (χ1v) is 7.80. The van der Waals surface area contributed by atoms with E-state index in [1.807, 2.05) is 32.0 Å². The van der Waals surface area contributed by atoms with Crippen molar-refractivity contribution in [2.75, 3.05) is 16.4 Å². The minimum Gasteiger partial charge on any atom is -0.283 e.